The highest BCUT2D eigenvalue weighted by Crippen LogP contribution is 2.68. The molecule has 0 aliphatic heterocycles. The zero-order valence-electron chi connectivity index (χ0n) is 18.6. The van der Waals surface area contributed by atoms with Crippen molar-refractivity contribution in [3.63, 3.8) is 0 Å². The van der Waals surface area contributed by atoms with E-state index >= 15 is 0 Å². The predicted molar refractivity (Wildman–Crippen MR) is 114 cm³/mol. The van der Waals surface area contributed by atoms with Gasteiger partial charge in [-0.2, -0.15) is 0 Å². The van der Waals surface area contributed by atoms with Crippen LogP contribution in [-0.4, -0.2) is 11.2 Å². The van der Waals surface area contributed by atoms with Crippen molar-refractivity contribution in [2.45, 2.75) is 98.5 Å². The molecule has 1 nitrogen and oxygen atoms in total. The van der Waals surface area contributed by atoms with Crippen LogP contribution in [0.1, 0.15) is 92.4 Å². The highest BCUT2D eigenvalue weighted by atomic mass is 16.3. The van der Waals surface area contributed by atoms with Gasteiger partial charge in [0.1, 0.15) is 0 Å². The zero-order valence-corrected chi connectivity index (χ0v) is 18.6. The minimum absolute atomic E-state index is 0.0158. The van der Waals surface area contributed by atoms with Crippen LogP contribution in [0.25, 0.3) is 0 Å². The number of rotatable bonds is 3. The van der Waals surface area contributed by atoms with E-state index in [9.17, 15) is 5.11 Å². The van der Waals surface area contributed by atoms with Crippen molar-refractivity contribution in [1.82, 2.24) is 0 Å². The zero-order chi connectivity index (χ0) is 19.4. The molecule has 0 aromatic carbocycles. The van der Waals surface area contributed by atoms with Crippen molar-refractivity contribution in [2.75, 3.05) is 0 Å². The molecule has 9 atom stereocenters. The summed E-state index contributed by atoms with van der Waals surface area (Å²) in [7, 11) is 0. The number of aliphatic hydroxyl groups is 1. The first kappa shape index (κ1) is 20.0. The van der Waals surface area contributed by atoms with Gasteiger partial charge in [-0.3, -0.25) is 0 Å². The fourth-order valence-electron chi connectivity index (χ4n) is 8.67. The molecule has 1 unspecified atom stereocenters. The van der Waals surface area contributed by atoms with Crippen LogP contribution in [-0.2, 0) is 0 Å². The number of allylic oxidation sites excluding steroid dienone is 2. The van der Waals surface area contributed by atoms with E-state index in [1.54, 1.807) is 0 Å². The second kappa shape index (κ2) is 7.19. The average Bonchev–Trinajstić information content (AvgIpc) is 2.97. The largest absolute Gasteiger partial charge is 0.393 e. The first-order valence-electron chi connectivity index (χ1n) is 12.1. The lowest BCUT2D eigenvalue weighted by Gasteiger charge is -2.61. The monoisotopic (exact) mass is 372 g/mol. The smallest absolute Gasteiger partial charge is 0.0543 e. The van der Waals surface area contributed by atoms with Gasteiger partial charge in [0.05, 0.1) is 6.10 Å². The van der Waals surface area contributed by atoms with Gasteiger partial charge in [0.25, 0.3) is 0 Å². The van der Waals surface area contributed by atoms with E-state index in [1.807, 2.05) is 0 Å². The third kappa shape index (κ3) is 3.24. The highest BCUT2D eigenvalue weighted by molar-refractivity contribution is 5.11. The van der Waals surface area contributed by atoms with E-state index in [0.29, 0.717) is 16.7 Å². The van der Waals surface area contributed by atoms with Crippen LogP contribution in [0.4, 0.5) is 0 Å². The fraction of sp³-hybridized carbons (Fsp3) is 0.923. The maximum absolute atomic E-state index is 10.2. The SMILES string of the molecule is CC(C)/C=C/C(C)[C@H]1CC[C@H]2[C@@H]3CC[C@H]4C[C@@H](O)CC[C@]4(C)[C@H]3CC[C@]12C. The molecule has 4 aliphatic carbocycles. The highest BCUT2D eigenvalue weighted by Gasteiger charge is 2.60. The van der Waals surface area contributed by atoms with Gasteiger partial charge >= 0.3 is 0 Å². The molecule has 154 valence electrons. The van der Waals surface area contributed by atoms with Crippen molar-refractivity contribution in [3.05, 3.63) is 12.2 Å². The maximum atomic E-state index is 10.2. The molecule has 4 fully saturated rings. The van der Waals surface area contributed by atoms with Crippen molar-refractivity contribution < 1.29 is 5.11 Å². The number of hydrogen-bond acceptors (Lipinski definition) is 1. The molecular formula is C26H44O. The topological polar surface area (TPSA) is 20.2 Å². The average molecular weight is 373 g/mol. The summed E-state index contributed by atoms with van der Waals surface area (Å²) in [4.78, 5) is 0. The van der Waals surface area contributed by atoms with Crippen LogP contribution in [0, 0.1) is 52.3 Å². The summed E-state index contributed by atoms with van der Waals surface area (Å²) in [5.74, 6) is 5.93. The molecule has 0 saturated heterocycles. The van der Waals surface area contributed by atoms with E-state index in [2.05, 4.69) is 46.8 Å². The van der Waals surface area contributed by atoms with E-state index in [-0.39, 0.29) is 6.10 Å². The molecule has 0 bridgehead atoms. The summed E-state index contributed by atoms with van der Waals surface area (Å²) < 4.78 is 0. The Morgan fingerprint density at radius 3 is 2.26 bits per heavy atom. The number of fused-ring (bicyclic) bond motifs is 5. The second-order valence-electron chi connectivity index (χ2n) is 11.8. The van der Waals surface area contributed by atoms with Gasteiger partial charge in [0, 0.05) is 0 Å². The molecule has 0 heterocycles. The Labute approximate surface area is 168 Å². The molecule has 0 spiro atoms. The van der Waals surface area contributed by atoms with E-state index in [0.717, 1.165) is 48.3 Å². The first-order valence-corrected chi connectivity index (χ1v) is 12.1. The predicted octanol–water partition coefficient (Wildman–Crippen LogP) is 6.85. The maximum Gasteiger partial charge on any atom is 0.0543 e. The van der Waals surface area contributed by atoms with Gasteiger partial charge in [0.2, 0.25) is 0 Å². The lowest BCUT2D eigenvalue weighted by Crippen LogP contribution is -2.54. The Morgan fingerprint density at radius 2 is 1.52 bits per heavy atom. The van der Waals surface area contributed by atoms with Gasteiger partial charge < -0.3 is 5.11 Å². The lowest BCUT2D eigenvalue weighted by molar-refractivity contribution is -0.128. The van der Waals surface area contributed by atoms with Crippen LogP contribution in [0.15, 0.2) is 12.2 Å². The fourth-order valence-corrected chi connectivity index (χ4v) is 8.67. The Morgan fingerprint density at radius 1 is 0.815 bits per heavy atom. The van der Waals surface area contributed by atoms with Crippen LogP contribution in [0.3, 0.4) is 0 Å². The molecule has 0 radical (unpaired) electrons. The Hall–Kier alpha value is -0.300. The molecular weight excluding hydrogens is 328 g/mol. The molecule has 0 aromatic rings. The third-order valence-electron chi connectivity index (χ3n) is 10.1. The molecule has 27 heavy (non-hydrogen) atoms. The van der Waals surface area contributed by atoms with Crippen LogP contribution in [0.2, 0.25) is 0 Å². The summed E-state index contributed by atoms with van der Waals surface area (Å²) >= 11 is 0. The minimum atomic E-state index is -0.0158. The normalized spacial score (nSPS) is 51.1. The summed E-state index contributed by atoms with van der Waals surface area (Å²) in [6, 6.07) is 0. The second-order valence-corrected chi connectivity index (χ2v) is 11.8. The Balaban J connectivity index is 1.54. The molecule has 4 saturated carbocycles. The first-order chi connectivity index (χ1) is 12.8. The summed E-state index contributed by atoms with van der Waals surface area (Å²) in [5.41, 5.74) is 1.09. The van der Waals surface area contributed by atoms with Crippen LogP contribution < -0.4 is 0 Å². The standard InChI is InChI=1S/C26H44O/c1-17(2)6-7-18(3)22-10-11-23-21-9-8-19-16-20(27)12-14-25(19,4)24(21)13-15-26(22,23)5/h6-7,17-24,27H,8-16H2,1-5H3/b7-6+/t18?,19-,20-,21-,22+,23-,24-,25-,26+/m0/s1. The quantitative estimate of drug-likeness (QED) is 0.537. The van der Waals surface area contributed by atoms with Crippen LogP contribution in [0.5, 0.6) is 0 Å². The lowest BCUT2D eigenvalue weighted by atomic mass is 9.44. The Kier molecular flexibility index (Phi) is 5.32. The van der Waals surface area contributed by atoms with Crippen molar-refractivity contribution in [3.8, 4) is 0 Å². The van der Waals surface area contributed by atoms with Crippen molar-refractivity contribution >= 4 is 0 Å². The van der Waals surface area contributed by atoms with E-state index < -0.39 is 0 Å². The number of aliphatic hydroxyl groups excluding tert-OH is 1. The molecule has 1 heteroatoms. The van der Waals surface area contributed by atoms with Gasteiger partial charge in [-0.1, -0.05) is 46.8 Å². The molecule has 4 aliphatic rings. The van der Waals surface area contributed by atoms with Crippen molar-refractivity contribution in [1.29, 1.82) is 0 Å². The minimum Gasteiger partial charge on any atom is -0.393 e. The number of hydrogen-bond donors (Lipinski definition) is 1. The van der Waals surface area contributed by atoms with E-state index in [1.165, 1.54) is 44.9 Å². The Bertz CT molecular complexity index is 565. The molecule has 1 N–H and O–H groups in total. The molecule has 4 rings (SSSR count). The summed E-state index contributed by atoms with van der Waals surface area (Å²) in [5, 5.41) is 10.2. The van der Waals surface area contributed by atoms with Gasteiger partial charge in [-0.15, -0.1) is 0 Å². The van der Waals surface area contributed by atoms with Gasteiger partial charge in [-0.05, 0) is 110 Å². The summed E-state index contributed by atoms with van der Waals surface area (Å²) in [6.07, 6.45) is 17.0. The van der Waals surface area contributed by atoms with E-state index in [4.69, 9.17) is 0 Å². The van der Waals surface area contributed by atoms with Gasteiger partial charge in [0.15, 0.2) is 0 Å². The van der Waals surface area contributed by atoms with Crippen molar-refractivity contribution in [2.24, 2.45) is 52.3 Å². The van der Waals surface area contributed by atoms with Gasteiger partial charge in [-0.25, -0.2) is 0 Å². The third-order valence-corrected chi connectivity index (χ3v) is 10.1. The molecule has 0 aromatic heterocycles. The van der Waals surface area contributed by atoms with Crippen LogP contribution >= 0.6 is 0 Å². The molecule has 0 amide bonds. The summed E-state index contributed by atoms with van der Waals surface area (Å²) in [6.45, 7) is 12.4.